The van der Waals surface area contributed by atoms with E-state index in [1.54, 1.807) is 0 Å². The summed E-state index contributed by atoms with van der Waals surface area (Å²) >= 11 is 0. The van der Waals surface area contributed by atoms with Crippen molar-refractivity contribution in [1.29, 1.82) is 0 Å². The van der Waals surface area contributed by atoms with Crippen molar-refractivity contribution >= 4 is 65.0 Å². The molecule has 12 rings (SSSR count). The molecule has 0 atom stereocenters. The molecule has 11 aromatic rings. The van der Waals surface area contributed by atoms with Crippen LogP contribution in [0.4, 0.5) is 0 Å². The zero-order valence-electron chi connectivity index (χ0n) is 31.2. The summed E-state index contributed by atoms with van der Waals surface area (Å²) in [7, 11) is 0. The van der Waals surface area contributed by atoms with Gasteiger partial charge in [0.2, 0.25) is 0 Å². The van der Waals surface area contributed by atoms with Crippen LogP contribution in [-0.2, 0) is 5.41 Å². The smallest absolute Gasteiger partial charge is 0.143 e. The van der Waals surface area contributed by atoms with E-state index in [0.29, 0.717) is 0 Å². The molecular weight excluding hydrogens is 677 g/mol. The van der Waals surface area contributed by atoms with Gasteiger partial charge in [0.1, 0.15) is 11.2 Å². The van der Waals surface area contributed by atoms with Gasteiger partial charge in [0, 0.05) is 21.6 Å². The van der Waals surface area contributed by atoms with Crippen molar-refractivity contribution in [3.63, 3.8) is 0 Å². The van der Waals surface area contributed by atoms with Crippen LogP contribution >= 0.6 is 0 Å². The molecule has 1 aliphatic carbocycles. The maximum Gasteiger partial charge on any atom is 0.143 e. The molecular formula is C55H36O. The van der Waals surface area contributed by atoms with Crippen molar-refractivity contribution in [2.75, 3.05) is 0 Å². The third-order valence-corrected chi connectivity index (χ3v) is 12.6. The van der Waals surface area contributed by atoms with E-state index in [9.17, 15) is 0 Å². The van der Waals surface area contributed by atoms with Gasteiger partial charge >= 0.3 is 0 Å². The number of fused-ring (bicyclic) bond motifs is 12. The van der Waals surface area contributed by atoms with Crippen molar-refractivity contribution in [2.45, 2.75) is 19.3 Å². The van der Waals surface area contributed by atoms with Crippen molar-refractivity contribution in [1.82, 2.24) is 0 Å². The number of rotatable bonds is 3. The van der Waals surface area contributed by atoms with E-state index in [4.69, 9.17) is 4.42 Å². The van der Waals surface area contributed by atoms with Crippen molar-refractivity contribution in [2.24, 2.45) is 0 Å². The van der Waals surface area contributed by atoms with Crippen molar-refractivity contribution < 1.29 is 4.42 Å². The van der Waals surface area contributed by atoms with Gasteiger partial charge in [0.05, 0.1) is 0 Å². The molecule has 1 nitrogen and oxygen atoms in total. The Morgan fingerprint density at radius 2 is 0.964 bits per heavy atom. The summed E-state index contributed by atoms with van der Waals surface area (Å²) < 4.78 is 6.67. The molecule has 0 spiro atoms. The van der Waals surface area contributed by atoms with Gasteiger partial charge in [-0.05, 0) is 118 Å². The molecule has 0 N–H and O–H groups in total. The molecule has 0 aliphatic heterocycles. The van der Waals surface area contributed by atoms with Gasteiger partial charge in [0.25, 0.3) is 0 Å². The van der Waals surface area contributed by atoms with Gasteiger partial charge in [-0.3, -0.25) is 0 Å². The minimum Gasteiger partial charge on any atom is -0.455 e. The SMILES string of the molecule is CC1(C)c2ccc(-c3c4ccccc4c(-c4cccc(-c5cccc6ccccc56)c4)c4ccccc34)cc2-c2ccc3ccc4c5ccccc5oc4c3c21. The van der Waals surface area contributed by atoms with Crippen LogP contribution in [0, 0.1) is 0 Å². The highest BCUT2D eigenvalue weighted by Crippen LogP contribution is 2.55. The van der Waals surface area contributed by atoms with E-state index in [1.165, 1.54) is 109 Å². The van der Waals surface area contributed by atoms with E-state index >= 15 is 0 Å². The zero-order valence-corrected chi connectivity index (χ0v) is 31.2. The first-order chi connectivity index (χ1) is 27.5. The Labute approximate surface area is 325 Å². The fourth-order valence-electron chi connectivity index (χ4n) is 10.1. The molecule has 1 aliphatic rings. The molecule has 0 unspecified atom stereocenters. The fourth-order valence-corrected chi connectivity index (χ4v) is 10.1. The summed E-state index contributed by atoms with van der Waals surface area (Å²) in [5, 5.41) is 12.4. The van der Waals surface area contributed by atoms with Gasteiger partial charge in [-0.25, -0.2) is 0 Å². The Morgan fingerprint density at radius 1 is 0.375 bits per heavy atom. The molecule has 0 amide bonds. The van der Waals surface area contributed by atoms with E-state index in [-0.39, 0.29) is 5.41 Å². The first-order valence-electron chi connectivity index (χ1n) is 19.6. The first-order valence-corrected chi connectivity index (χ1v) is 19.6. The van der Waals surface area contributed by atoms with Crippen molar-refractivity contribution in [3.8, 4) is 44.5 Å². The van der Waals surface area contributed by atoms with Crippen molar-refractivity contribution in [3.05, 3.63) is 193 Å². The maximum atomic E-state index is 6.67. The second-order valence-electron chi connectivity index (χ2n) is 16.0. The topological polar surface area (TPSA) is 13.1 Å². The second kappa shape index (κ2) is 11.5. The lowest BCUT2D eigenvalue weighted by molar-refractivity contribution is 0.656. The van der Waals surface area contributed by atoms with Gasteiger partial charge in [0.15, 0.2) is 0 Å². The van der Waals surface area contributed by atoms with Crippen LogP contribution in [0.15, 0.2) is 186 Å². The normalized spacial score (nSPS) is 13.3. The first kappa shape index (κ1) is 31.4. The van der Waals surface area contributed by atoms with E-state index < -0.39 is 0 Å². The van der Waals surface area contributed by atoms with Crippen LogP contribution in [0.1, 0.15) is 25.0 Å². The Balaban J connectivity index is 1.09. The summed E-state index contributed by atoms with van der Waals surface area (Å²) in [6, 6.07) is 67.1. The molecule has 0 saturated heterocycles. The number of furan rings is 1. The van der Waals surface area contributed by atoms with Crippen LogP contribution in [0.25, 0.3) is 110 Å². The molecule has 0 saturated carbocycles. The van der Waals surface area contributed by atoms with E-state index in [1.807, 2.05) is 0 Å². The number of hydrogen-bond acceptors (Lipinski definition) is 1. The van der Waals surface area contributed by atoms with Crippen LogP contribution in [0.5, 0.6) is 0 Å². The van der Waals surface area contributed by atoms with E-state index in [2.05, 4.69) is 196 Å². The minimum atomic E-state index is -0.209. The van der Waals surface area contributed by atoms with Gasteiger partial charge in [-0.2, -0.15) is 0 Å². The average molecular weight is 713 g/mol. The molecule has 1 heterocycles. The number of para-hydroxylation sites is 1. The predicted octanol–water partition coefficient (Wildman–Crippen LogP) is 15.5. The highest BCUT2D eigenvalue weighted by Gasteiger charge is 2.38. The Hall–Kier alpha value is -6.96. The average Bonchev–Trinajstić information content (AvgIpc) is 3.74. The second-order valence-corrected chi connectivity index (χ2v) is 16.0. The Kier molecular flexibility index (Phi) is 6.46. The Morgan fingerprint density at radius 3 is 1.71 bits per heavy atom. The molecule has 1 aromatic heterocycles. The fraction of sp³-hybridized carbons (Fsp3) is 0.0545. The lowest BCUT2D eigenvalue weighted by atomic mass is 9.79. The molecule has 10 aromatic carbocycles. The van der Waals surface area contributed by atoms with Crippen LogP contribution < -0.4 is 0 Å². The number of hydrogen-bond donors (Lipinski definition) is 0. The standard InChI is InChI=1S/C55H36O/c1-55(2)48-30-27-37(32-47(48)45-28-25-34-26-29-46-40-18-9-10-24-49(40)56-54(46)52(34)53(45)55)51-43-21-7-5-19-41(43)50(42-20-6-8-22-44(42)51)36-16-11-15-35(31-36)39-23-12-14-33-13-3-4-17-38(33)39/h3-32H,1-2H3. The molecule has 1 heteroatoms. The van der Waals surface area contributed by atoms with E-state index in [0.717, 1.165) is 11.2 Å². The highest BCUT2D eigenvalue weighted by molar-refractivity contribution is 6.22. The molecule has 0 fully saturated rings. The molecule has 0 bridgehead atoms. The monoisotopic (exact) mass is 712 g/mol. The summed E-state index contributed by atoms with van der Waals surface area (Å²) in [5.74, 6) is 0. The van der Waals surface area contributed by atoms with Gasteiger partial charge in [-0.1, -0.05) is 172 Å². The summed E-state index contributed by atoms with van der Waals surface area (Å²) in [6.45, 7) is 4.76. The number of benzene rings is 10. The lowest BCUT2D eigenvalue weighted by Gasteiger charge is -2.23. The minimum absolute atomic E-state index is 0.209. The van der Waals surface area contributed by atoms with Crippen LogP contribution in [-0.4, -0.2) is 0 Å². The largest absolute Gasteiger partial charge is 0.455 e. The third-order valence-electron chi connectivity index (χ3n) is 12.6. The molecule has 262 valence electrons. The molecule has 56 heavy (non-hydrogen) atoms. The molecule has 0 radical (unpaired) electrons. The summed E-state index contributed by atoms with van der Waals surface area (Å²) in [6.07, 6.45) is 0. The maximum absolute atomic E-state index is 6.67. The summed E-state index contributed by atoms with van der Waals surface area (Å²) in [5.41, 5.74) is 14.5. The lowest BCUT2D eigenvalue weighted by Crippen LogP contribution is -2.15. The third kappa shape index (κ3) is 4.31. The zero-order chi connectivity index (χ0) is 37.1. The highest BCUT2D eigenvalue weighted by atomic mass is 16.3. The van der Waals surface area contributed by atoms with Crippen LogP contribution in [0.3, 0.4) is 0 Å². The van der Waals surface area contributed by atoms with Gasteiger partial charge < -0.3 is 4.42 Å². The quantitative estimate of drug-likeness (QED) is 0.166. The predicted molar refractivity (Wildman–Crippen MR) is 238 cm³/mol. The Bertz CT molecular complexity index is 3390. The summed E-state index contributed by atoms with van der Waals surface area (Å²) in [4.78, 5) is 0. The van der Waals surface area contributed by atoms with Gasteiger partial charge in [-0.15, -0.1) is 0 Å². The van der Waals surface area contributed by atoms with Crippen LogP contribution in [0.2, 0.25) is 0 Å².